The summed E-state index contributed by atoms with van der Waals surface area (Å²) in [6.07, 6.45) is 2.21. The number of methoxy groups -OCH3 is 2. The lowest BCUT2D eigenvalue weighted by atomic mass is 10.0. The molecule has 150 valence electrons. The minimum Gasteiger partial charge on any atom is -0.493 e. The van der Waals surface area contributed by atoms with E-state index >= 15 is 0 Å². The first-order valence-corrected chi connectivity index (χ1v) is 9.96. The molecule has 1 N–H and O–H groups in total. The first kappa shape index (κ1) is 20.9. The summed E-state index contributed by atoms with van der Waals surface area (Å²) in [6, 6.07) is 13.0. The first-order chi connectivity index (χ1) is 14.0. The number of hydrogen-bond donors (Lipinski definition) is 1. The minimum absolute atomic E-state index is 0.0681. The lowest BCUT2D eigenvalue weighted by molar-refractivity contribution is -0.122. The second-order valence-electron chi connectivity index (χ2n) is 6.14. The Bertz CT molecular complexity index is 988. The van der Waals surface area contributed by atoms with E-state index in [-0.39, 0.29) is 17.2 Å². The zero-order chi connectivity index (χ0) is 21.0. The second-order valence-corrected chi connectivity index (χ2v) is 7.82. The molecule has 2 aromatic carbocycles. The van der Waals surface area contributed by atoms with Crippen LogP contribution in [0.5, 0.6) is 11.5 Å². The van der Waals surface area contributed by atoms with E-state index in [1.54, 1.807) is 17.0 Å². The molecule has 0 aliphatic carbocycles. The maximum atomic E-state index is 12.8. The van der Waals surface area contributed by atoms with Crippen LogP contribution in [0.3, 0.4) is 0 Å². The SMILES string of the molecule is COc1ccc(/C=C2/SC(=S)N(CCc3ccccc3)C2=O)c(C(=O)O)c1OC. The summed E-state index contributed by atoms with van der Waals surface area (Å²) in [4.78, 5) is 26.6. The largest absolute Gasteiger partial charge is 0.493 e. The van der Waals surface area contributed by atoms with Gasteiger partial charge in [-0.3, -0.25) is 9.69 Å². The molecule has 0 bridgehead atoms. The smallest absolute Gasteiger partial charge is 0.340 e. The van der Waals surface area contributed by atoms with E-state index in [4.69, 9.17) is 21.7 Å². The third kappa shape index (κ3) is 4.44. The first-order valence-electron chi connectivity index (χ1n) is 8.73. The van der Waals surface area contributed by atoms with Crippen molar-refractivity contribution in [3.8, 4) is 11.5 Å². The highest BCUT2D eigenvalue weighted by atomic mass is 32.2. The van der Waals surface area contributed by atoms with Crippen LogP contribution in [0, 0.1) is 0 Å². The van der Waals surface area contributed by atoms with Crippen molar-refractivity contribution in [1.29, 1.82) is 0 Å². The van der Waals surface area contributed by atoms with Gasteiger partial charge in [-0.1, -0.05) is 60.4 Å². The van der Waals surface area contributed by atoms with Crippen molar-refractivity contribution in [2.24, 2.45) is 0 Å². The molecular weight excluding hydrogens is 410 g/mol. The van der Waals surface area contributed by atoms with Crippen molar-refractivity contribution in [1.82, 2.24) is 4.90 Å². The Balaban J connectivity index is 1.88. The molecule has 0 aromatic heterocycles. The average molecular weight is 430 g/mol. The highest BCUT2D eigenvalue weighted by Crippen LogP contribution is 2.37. The van der Waals surface area contributed by atoms with Crippen LogP contribution in [-0.4, -0.2) is 47.0 Å². The number of rotatable bonds is 7. The molecule has 0 unspecified atom stereocenters. The van der Waals surface area contributed by atoms with Crippen LogP contribution < -0.4 is 9.47 Å². The molecule has 6 nitrogen and oxygen atoms in total. The van der Waals surface area contributed by atoms with Crippen LogP contribution in [0.4, 0.5) is 0 Å². The summed E-state index contributed by atoms with van der Waals surface area (Å²) in [5.41, 5.74) is 1.39. The lowest BCUT2D eigenvalue weighted by Gasteiger charge is -2.14. The molecule has 1 fully saturated rings. The Morgan fingerprint density at radius 3 is 2.52 bits per heavy atom. The predicted octanol–water partition coefficient (Wildman–Crippen LogP) is 3.85. The maximum Gasteiger partial charge on any atom is 0.340 e. The van der Waals surface area contributed by atoms with Crippen LogP contribution >= 0.6 is 24.0 Å². The number of amides is 1. The van der Waals surface area contributed by atoms with Crippen LogP contribution in [0.15, 0.2) is 47.4 Å². The molecule has 0 radical (unpaired) electrons. The third-order valence-electron chi connectivity index (χ3n) is 4.42. The second kappa shape index (κ2) is 9.11. The van der Waals surface area contributed by atoms with E-state index in [1.165, 1.54) is 20.3 Å². The van der Waals surface area contributed by atoms with E-state index in [0.29, 0.717) is 33.5 Å². The minimum atomic E-state index is -1.17. The molecule has 0 spiro atoms. The fourth-order valence-corrected chi connectivity index (χ4v) is 4.30. The number of aromatic carboxylic acids is 1. The average Bonchev–Trinajstić information content (AvgIpc) is 2.99. The number of thioether (sulfide) groups is 1. The molecular formula is C21H19NO5S2. The van der Waals surface area contributed by atoms with Gasteiger partial charge in [0.2, 0.25) is 0 Å². The van der Waals surface area contributed by atoms with Gasteiger partial charge >= 0.3 is 5.97 Å². The molecule has 0 atom stereocenters. The molecule has 29 heavy (non-hydrogen) atoms. The number of benzene rings is 2. The van der Waals surface area contributed by atoms with Crippen molar-refractivity contribution >= 4 is 46.3 Å². The molecule has 1 amide bonds. The molecule has 8 heteroatoms. The standard InChI is InChI=1S/C21H19NO5S2/c1-26-15-9-8-14(17(20(24)25)18(15)27-2)12-16-19(23)22(21(28)29-16)11-10-13-6-4-3-5-7-13/h3-9,12H,10-11H2,1-2H3,(H,24,25)/b16-12+. The van der Waals surface area contributed by atoms with E-state index in [2.05, 4.69) is 0 Å². The van der Waals surface area contributed by atoms with Crippen LogP contribution in [0.25, 0.3) is 6.08 Å². The fraction of sp³-hybridized carbons (Fsp3) is 0.190. The Morgan fingerprint density at radius 1 is 1.17 bits per heavy atom. The summed E-state index contributed by atoms with van der Waals surface area (Å²) < 4.78 is 10.9. The maximum absolute atomic E-state index is 12.8. The monoisotopic (exact) mass is 429 g/mol. The Labute approximate surface area is 178 Å². The van der Waals surface area contributed by atoms with E-state index in [0.717, 1.165) is 17.3 Å². The van der Waals surface area contributed by atoms with Gasteiger partial charge in [-0.05, 0) is 29.7 Å². The molecule has 1 heterocycles. The number of nitrogens with zero attached hydrogens (tertiary/aromatic N) is 1. The quantitative estimate of drug-likeness (QED) is 0.529. The van der Waals surface area contributed by atoms with Gasteiger partial charge in [0.1, 0.15) is 9.88 Å². The van der Waals surface area contributed by atoms with Gasteiger partial charge < -0.3 is 14.6 Å². The van der Waals surface area contributed by atoms with E-state index in [9.17, 15) is 14.7 Å². The molecule has 1 aliphatic heterocycles. The topological polar surface area (TPSA) is 76.1 Å². The number of carboxylic acid groups (broad SMARTS) is 1. The van der Waals surface area contributed by atoms with Crippen LogP contribution in [0.2, 0.25) is 0 Å². The van der Waals surface area contributed by atoms with Crippen molar-refractivity contribution < 1.29 is 24.2 Å². The zero-order valence-electron chi connectivity index (χ0n) is 15.9. The summed E-state index contributed by atoms with van der Waals surface area (Å²) in [6.45, 7) is 0.462. The Morgan fingerprint density at radius 2 is 1.90 bits per heavy atom. The van der Waals surface area contributed by atoms with Crippen molar-refractivity contribution in [2.75, 3.05) is 20.8 Å². The van der Waals surface area contributed by atoms with Crippen LogP contribution in [-0.2, 0) is 11.2 Å². The normalized spacial score (nSPS) is 15.1. The van der Waals surface area contributed by atoms with Crippen molar-refractivity contribution in [3.63, 3.8) is 0 Å². The number of carboxylic acids is 1. The fourth-order valence-electron chi connectivity index (χ4n) is 3.00. The van der Waals surface area contributed by atoms with Gasteiger partial charge in [0, 0.05) is 6.54 Å². The van der Waals surface area contributed by atoms with E-state index < -0.39 is 5.97 Å². The summed E-state index contributed by atoms with van der Waals surface area (Å²) in [7, 11) is 2.80. The Kier molecular flexibility index (Phi) is 6.56. The molecule has 3 rings (SSSR count). The molecule has 2 aromatic rings. The van der Waals surface area contributed by atoms with Gasteiger partial charge in [0.15, 0.2) is 11.5 Å². The number of thiocarbonyl (C=S) groups is 1. The third-order valence-corrected chi connectivity index (χ3v) is 5.80. The summed E-state index contributed by atoms with van der Waals surface area (Å²) in [5.74, 6) is -1.00. The van der Waals surface area contributed by atoms with Crippen molar-refractivity contribution in [3.05, 3.63) is 64.1 Å². The summed E-state index contributed by atoms with van der Waals surface area (Å²) >= 11 is 6.52. The van der Waals surface area contributed by atoms with Gasteiger partial charge in [0.05, 0.1) is 19.1 Å². The molecule has 1 aliphatic rings. The summed E-state index contributed by atoms with van der Waals surface area (Å²) in [5, 5.41) is 9.66. The van der Waals surface area contributed by atoms with Gasteiger partial charge in [-0.15, -0.1) is 0 Å². The highest BCUT2D eigenvalue weighted by molar-refractivity contribution is 8.26. The van der Waals surface area contributed by atoms with Gasteiger partial charge in [-0.25, -0.2) is 4.79 Å². The van der Waals surface area contributed by atoms with Crippen molar-refractivity contribution in [2.45, 2.75) is 6.42 Å². The van der Waals surface area contributed by atoms with Gasteiger partial charge in [0.25, 0.3) is 5.91 Å². The van der Waals surface area contributed by atoms with Gasteiger partial charge in [-0.2, -0.15) is 0 Å². The lowest BCUT2D eigenvalue weighted by Crippen LogP contribution is -2.30. The number of carbonyl (C=O) groups excluding carboxylic acids is 1. The number of hydrogen-bond acceptors (Lipinski definition) is 6. The molecule has 1 saturated heterocycles. The van der Waals surface area contributed by atoms with Crippen LogP contribution in [0.1, 0.15) is 21.5 Å². The van der Waals surface area contributed by atoms with E-state index in [1.807, 2.05) is 30.3 Å². The Hall–Kier alpha value is -2.84. The number of carbonyl (C=O) groups is 2. The predicted molar refractivity (Wildman–Crippen MR) is 117 cm³/mol. The zero-order valence-corrected chi connectivity index (χ0v) is 17.5. The highest BCUT2D eigenvalue weighted by Gasteiger charge is 2.32. The molecule has 0 saturated carbocycles. The number of ether oxygens (including phenoxy) is 2.